The molecule has 2 heterocycles. The maximum Gasteiger partial charge on any atom is 0.164 e. The number of fused-ring (bicyclic) bond motifs is 5. The molecule has 258 valence electrons. The van der Waals surface area contributed by atoms with Crippen molar-refractivity contribution >= 4 is 49.5 Å². The van der Waals surface area contributed by atoms with Crippen molar-refractivity contribution in [3.8, 4) is 45.4 Å². The Balaban J connectivity index is 1.29. The molecule has 55 heavy (non-hydrogen) atoms. The van der Waals surface area contributed by atoms with E-state index in [-0.39, 0.29) is 0 Å². The van der Waals surface area contributed by atoms with Crippen molar-refractivity contribution in [2.75, 3.05) is 4.90 Å². The van der Waals surface area contributed by atoms with E-state index < -0.39 is 0 Å². The molecule has 0 bridgehead atoms. The molecule has 10 rings (SSSR count). The van der Waals surface area contributed by atoms with Gasteiger partial charge in [0.25, 0.3) is 0 Å². The molecule has 0 atom stereocenters. The van der Waals surface area contributed by atoms with E-state index in [1.165, 1.54) is 10.8 Å². The second-order valence-electron chi connectivity index (χ2n) is 13.4. The average molecular weight is 704 g/mol. The van der Waals surface area contributed by atoms with E-state index in [0.29, 0.717) is 17.5 Å². The van der Waals surface area contributed by atoms with E-state index in [0.717, 1.165) is 66.7 Å². The van der Waals surface area contributed by atoms with Crippen LogP contribution in [-0.4, -0.2) is 19.9 Å². The molecule has 0 aliphatic carbocycles. The highest BCUT2D eigenvalue weighted by molar-refractivity contribution is 6.24. The first-order valence-electron chi connectivity index (χ1n) is 18.4. The summed E-state index contributed by atoms with van der Waals surface area (Å²) in [7, 11) is 0. The monoisotopic (exact) mass is 703 g/mol. The van der Waals surface area contributed by atoms with E-state index in [1.54, 1.807) is 0 Å². The van der Waals surface area contributed by atoms with E-state index in [4.69, 9.17) is 19.9 Å². The molecule has 0 saturated heterocycles. The molecular formula is C50H33N5. The van der Waals surface area contributed by atoms with Gasteiger partial charge in [0.2, 0.25) is 0 Å². The van der Waals surface area contributed by atoms with E-state index >= 15 is 0 Å². The molecule has 10 aromatic rings. The molecule has 0 radical (unpaired) electrons. The second-order valence-corrected chi connectivity index (χ2v) is 13.4. The molecule has 0 fully saturated rings. The molecule has 0 saturated carbocycles. The fourth-order valence-corrected chi connectivity index (χ4v) is 7.56. The van der Waals surface area contributed by atoms with Gasteiger partial charge < -0.3 is 4.90 Å². The number of anilines is 3. The van der Waals surface area contributed by atoms with Gasteiger partial charge >= 0.3 is 0 Å². The summed E-state index contributed by atoms with van der Waals surface area (Å²) in [5.41, 5.74) is 8.51. The molecule has 5 nitrogen and oxygen atoms in total. The Morgan fingerprint density at radius 1 is 0.327 bits per heavy atom. The zero-order valence-corrected chi connectivity index (χ0v) is 29.8. The molecule has 0 spiro atoms. The summed E-state index contributed by atoms with van der Waals surface area (Å²) in [4.78, 5) is 23.2. The molecule has 5 heteroatoms. The lowest BCUT2D eigenvalue weighted by Crippen LogP contribution is -2.11. The largest absolute Gasteiger partial charge is 0.308 e. The third kappa shape index (κ3) is 5.85. The van der Waals surface area contributed by atoms with Crippen LogP contribution in [0.3, 0.4) is 0 Å². The predicted octanol–water partition coefficient (Wildman–Crippen LogP) is 12.9. The smallest absolute Gasteiger partial charge is 0.164 e. The van der Waals surface area contributed by atoms with E-state index in [1.807, 2.05) is 66.7 Å². The number of nitrogens with zero attached hydrogens (tertiary/aromatic N) is 5. The third-order valence-corrected chi connectivity index (χ3v) is 10.1. The number of pyridine rings is 1. The lowest BCUT2D eigenvalue weighted by atomic mass is 9.93. The summed E-state index contributed by atoms with van der Waals surface area (Å²) in [6, 6.07) is 69.1. The first-order valence-corrected chi connectivity index (χ1v) is 18.4. The highest BCUT2D eigenvalue weighted by Crippen LogP contribution is 2.44. The minimum absolute atomic E-state index is 0.586. The highest BCUT2D eigenvalue weighted by atomic mass is 15.1. The number of benzene rings is 8. The Hall–Kier alpha value is -7.50. The Morgan fingerprint density at radius 2 is 0.836 bits per heavy atom. The van der Waals surface area contributed by atoms with Crippen molar-refractivity contribution in [3.05, 3.63) is 200 Å². The predicted molar refractivity (Wildman–Crippen MR) is 227 cm³/mol. The summed E-state index contributed by atoms with van der Waals surface area (Å²) in [6.07, 6.45) is 0. The summed E-state index contributed by atoms with van der Waals surface area (Å²) in [5.74, 6) is 1.82. The van der Waals surface area contributed by atoms with Crippen molar-refractivity contribution in [2.24, 2.45) is 0 Å². The van der Waals surface area contributed by atoms with Gasteiger partial charge in [-0.2, -0.15) is 0 Å². The maximum atomic E-state index is 5.69. The van der Waals surface area contributed by atoms with Crippen LogP contribution >= 0.6 is 0 Å². The van der Waals surface area contributed by atoms with Crippen molar-refractivity contribution in [3.63, 3.8) is 0 Å². The van der Waals surface area contributed by atoms with Gasteiger partial charge in [0.05, 0.1) is 16.9 Å². The molecule has 0 N–H and O–H groups in total. The van der Waals surface area contributed by atoms with Crippen LogP contribution < -0.4 is 4.90 Å². The molecule has 0 amide bonds. The SMILES string of the molecule is c1ccc(-c2nc(-c3ccccc3)nc(-c3ccccc3-c3nc4c(N(c5ccccc5)c5ccccc5)cccc4c4c3ccc3ccccc34)n2)cc1. The molecule has 8 aromatic carbocycles. The molecular weight excluding hydrogens is 671 g/mol. The zero-order chi connectivity index (χ0) is 36.6. The van der Waals surface area contributed by atoms with Gasteiger partial charge in [-0.1, -0.05) is 170 Å². The Kier molecular flexibility index (Phi) is 8.08. The summed E-state index contributed by atoms with van der Waals surface area (Å²) < 4.78 is 0. The minimum Gasteiger partial charge on any atom is -0.308 e. The Morgan fingerprint density at radius 3 is 1.47 bits per heavy atom. The van der Waals surface area contributed by atoms with Gasteiger partial charge in [-0.15, -0.1) is 0 Å². The summed E-state index contributed by atoms with van der Waals surface area (Å²) >= 11 is 0. The third-order valence-electron chi connectivity index (χ3n) is 10.1. The van der Waals surface area contributed by atoms with Gasteiger partial charge in [0.1, 0.15) is 0 Å². The lowest BCUT2D eigenvalue weighted by Gasteiger charge is -2.27. The van der Waals surface area contributed by atoms with Crippen LogP contribution in [0.25, 0.3) is 77.9 Å². The lowest BCUT2D eigenvalue weighted by molar-refractivity contribution is 1.07. The van der Waals surface area contributed by atoms with Crippen molar-refractivity contribution in [1.82, 2.24) is 19.9 Å². The van der Waals surface area contributed by atoms with Crippen LogP contribution in [0.15, 0.2) is 200 Å². The average Bonchev–Trinajstić information content (AvgIpc) is 3.27. The number of para-hydroxylation sites is 3. The van der Waals surface area contributed by atoms with Crippen LogP contribution in [0.1, 0.15) is 0 Å². The molecule has 0 aliphatic rings. The number of aromatic nitrogens is 4. The fourth-order valence-electron chi connectivity index (χ4n) is 7.56. The van der Waals surface area contributed by atoms with E-state index in [2.05, 4.69) is 138 Å². The number of hydrogen-bond acceptors (Lipinski definition) is 5. The van der Waals surface area contributed by atoms with Gasteiger partial charge in [-0.25, -0.2) is 19.9 Å². The quantitative estimate of drug-likeness (QED) is 0.155. The Labute approximate surface area is 318 Å². The summed E-state index contributed by atoms with van der Waals surface area (Å²) in [6.45, 7) is 0. The van der Waals surface area contributed by atoms with Crippen LogP contribution in [0.2, 0.25) is 0 Å². The molecule has 2 aromatic heterocycles. The van der Waals surface area contributed by atoms with Crippen LogP contribution in [0.5, 0.6) is 0 Å². The standard InChI is InChI=1S/C50H33N5/c1-5-19-35(20-6-1)48-52-49(36-21-7-2-8-22-36)54-50(53-48)41-29-16-15-28-40(41)46-43-33-32-34-18-13-14-27-39(34)45(43)42-30-17-31-44(47(42)51-46)55(37-23-9-3-10-24-37)38-25-11-4-12-26-38/h1-33H. The van der Waals surface area contributed by atoms with Crippen LogP contribution in [0.4, 0.5) is 17.1 Å². The summed E-state index contributed by atoms with van der Waals surface area (Å²) in [5, 5.41) is 5.64. The number of hydrogen-bond donors (Lipinski definition) is 0. The normalized spacial score (nSPS) is 11.3. The van der Waals surface area contributed by atoms with Crippen molar-refractivity contribution in [2.45, 2.75) is 0 Å². The fraction of sp³-hybridized carbons (Fsp3) is 0. The number of rotatable bonds is 7. The van der Waals surface area contributed by atoms with Crippen molar-refractivity contribution in [1.29, 1.82) is 0 Å². The maximum absolute atomic E-state index is 5.69. The molecule has 0 aliphatic heterocycles. The van der Waals surface area contributed by atoms with Crippen LogP contribution in [0, 0.1) is 0 Å². The van der Waals surface area contributed by atoms with Crippen molar-refractivity contribution < 1.29 is 0 Å². The first kappa shape index (κ1) is 32.2. The van der Waals surface area contributed by atoms with E-state index in [9.17, 15) is 0 Å². The van der Waals surface area contributed by atoms with Gasteiger partial charge in [-0.05, 0) is 41.1 Å². The Bertz CT molecular complexity index is 2870. The van der Waals surface area contributed by atoms with Gasteiger partial charge in [0, 0.05) is 49.8 Å². The second kappa shape index (κ2) is 13.8. The molecule has 0 unspecified atom stereocenters. The van der Waals surface area contributed by atoms with Gasteiger partial charge in [0.15, 0.2) is 17.5 Å². The topological polar surface area (TPSA) is 54.8 Å². The zero-order valence-electron chi connectivity index (χ0n) is 29.8. The highest BCUT2D eigenvalue weighted by Gasteiger charge is 2.22. The first-order chi connectivity index (χ1) is 27.3. The minimum atomic E-state index is 0.586. The van der Waals surface area contributed by atoms with Crippen LogP contribution in [-0.2, 0) is 0 Å². The van der Waals surface area contributed by atoms with Gasteiger partial charge in [-0.3, -0.25) is 0 Å².